The molecule has 1 saturated heterocycles. The van der Waals surface area contributed by atoms with Crippen LogP contribution in [0.5, 0.6) is 0 Å². The van der Waals surface area contributed by atoms with Crippen LogP contribution >= 0.6 is 0 Å². The van der Waals surface area contributed by atoms with Crippen molar-refractivity contribution in [2.75, 3.05) is 10.6 Å². The lowest BCUT2D eigenvalue weighted by molar-refractivity contribution is -0.117. The molecule has 0 radical (unpaired) electrons. The highest BCUT2D eigenvalue weighted by molar-refractivity contribution is 5.96. The van der Waals surface area contributed by atoms with E-state index in [2.05, 4.69) is 6.92 Å². The fourth-order valence-corrected chi connectivity index (χ4v) is 2.26. The first-order valence-electron chi connectivity index (χ1n) is 5.81. The second-order valence-corrected chi connectivity index (χ2v) is 4.41. The van der Waals surface area contributed by atoms with E-state index in [0.717, 1.165) is 29.8 Å². The van der Waals surface area contributed by atoms with Gasteiger partial charge >= 0.3 is 0 Å². The molecule has 1 atom stereocenters. The van der Waals surface area contributed by atoms with Crippen molar-refractivity contribution in [1.29, 1.82) is 0 Å². The van der Waals surface area contributed by atoms with Crippen LogP contribution in [0.1, 0.15) is 31.7 Å². The second kappa shape index (κ2) is 4.16. The van der Waals surface area contributed by atoms with E-state index in [-0.39, 0.29) is 5.91 Å². The Hall–Kier alpha value is -1.51. The van der Waals surface area contributed by atoms with Gasteiger partial charge in [-0.05, 0) is 37.5 Å². The van der Waals surface area contributed by atoms with Crippen molar-refractivity contribution < 1.29 is 4.79 Å². The van der Waals surface area contributed by atoms with Crippen LogP contribution in [0.15, 0.2) is 18.2 Å². The minimum atomic E-state index is 0.218. The van der Waals surface area contributed by atoms with Crippen molar-refractivity contribution in [3.8, 4) is 0 Å². The Balaban J connectivity index is 2.35. The average molecular weight is 218 g/mol. The molecule has 1 amide bonds. The maximum Gasteiger partial charge on any atom is 0.227 e. The van der Waals surface area contributed by atoms with Gasteiger partial charge in [0, 0.05) is 23.8 Å². The Morgan fingerprint density at radius 1 is 1.50 bits per heavy atom. The molecule has 86 valence electrons. The fraction of sp³-hybridized carbons (Fsp3) is 0.462. The molecule has 0 bridgehead atoms. The van der Waals surface area contributed by atoms with Crippen LogP contribution in [0.3, 0.4) is 0 Å². The highest BCUT2D eigenvalue weighted by Crippen LogP contribution is 2.30. The maximum absolute atomic E-state index is 11.8. The molecular weight excluding hydrogens is 200 g/mol. The smallest absolute Gasteiger partial charge is 0.227 e. The summed E-state index contributed by atoms with van der Waals surface area (Å²) in [5, 5.41) is 0. The summed E-state index contributed by atoms with van der Waals surface area (Å²) in [6, 6.07) is 6.21. The molecule has 16 heavy (non-hydrogen) atoms. The lowest BCUT2D eigenvalue weighted by atomic mass is 10.1. The summed E-state index contributed by atoms with van der Waals surface area (Å²) in [4.78, 5) is 13.7. The normalized spacial score (nSPS) is 20.5. The molecule has 1 aromatic rings. The zero-order valence-electron chi connectivity index (χ0n) is 9.86. The van der Waals surface area contributed by atoms with Crippen molar-refractivity contribution in [3.63, 3.8) is 0 Å². The topological polar surface area (TPSA) is 46.3 Å². The quantitative estimate of drug-likeness (QED) is 0.775. The predicted octanol–water partition coefficient (Wildman–Crippen LogP) is 2.48. The predicted molar refractivity (Wildman–Crippen MR) is 66.4 cm³/mol. The molecule has 0 aliphatic carbocycles. The summed E-state index contributed by atoms with van der Waals surface area (Å²) in [5.41, 5.74) is 8.64. The van der Waals surface area contributed by atoms with Gasteiger partial charge in [-0.2, -0.15) is 0 Å². The fourth-order valence-electron chi connectivity index (χ4n) is 2.26. The van der Waals surface area contributed by atoms with E-state index < -0.39 is 0 Å². The number of carbonyl (C=O) groups excluding carboxylic acids is 1. The molecule has 1 aliphatic rings. The summed E-state index contributed by atoms with van der Waals surface area (Å²) in [5.74, 6) is 0.218. The summed E-state index contributed by atoms with van der Waals surface area (Å²) in [6.07, 6.45) is 2.62. The number of hydrogen-bond donors (Lipinski definition) is 1. The lowest BCUT2D eigenvalue weighted by Gasteiger charge is -2.24. The first-order valence-corrected chi connectivity index (χ1v) is 5.81. The number of hydrogen-bond acceptors (Lipinski definition) is 2. The van der Waals surface area contributed by atoms with Crippen LogP contribution in [0, 0.1) is 6.92 Å². The van der Waals surface area contributed by atoms with Gasteiger partial charge in [0.05, 0.1) is 0 Å². The first kappa shape index (κ1) is 11.0. The number of benzene rings is 1. The monoisotopic (exact) mass is 218 g/mol. The SMILES string of the molecule is CCC1CCC(=O)N1c1ccc(C)c(N)c1. The van der Waals surface area contributed by atoms with Crippen LogP contribution < -0.4 is 10.6 Å². The van der Waals surface area contributed by atoms with E-state index in [1.54, 1.807) is 0 Å². The molecule has 3 nitrogen and oxygen atoms in total. The first-order chi connectivity index (χ1) is 7.63. The van der Waals surface area contributed by atoms with Gasteiger partial charge < -0.3 is 10.6 Å². The number of rotatable bonds is 2. The second-order valence-electron chi connectivity index (χ2n) is 4.41. The van der Waals surface area contributed by atoms with Gasteiger partial charge in [0.25, 0.3) is 0 Å². The highest BCUT2D eigenvalue weighted by atomic mass is 16.2. The molecule has 1 fully saturated rings. The highest BCUT2D eigenvalue weighted by Gasteiger charge is 2.30. The number of nitrogens with two attached hydrogens (primary N) is 1. The largest absolute Gasteiger partial charge is 0.398 e. The molecule has 0 spiro atoms. The molecule has 2 rings (SSSR count). The zero-order chi connectivity index (χ0) is 11.7. The minimum absolute atomic E-state index is 0.218. The van der Waals surface area contributed by atoms with Gasteiger partial charge in [-0.1, -0.05) is 13.0 Å². The van der Waals surface area contributed by atoms with Crippen LogP contribution in [0.25, 0.3) is 0 Å². The Bertz CT molecular complexity index is 414. The number of amides is 1. The summed E-state index contributed by atoms with van der Waals surface area (Å²) < 4.78 is 0. The van der Waals surface area contributed by atoms with Crippen LogP contribution in [-0.4, -0.2) is 11.9 Å². The van der Waals surface area contributed by atoms with E-state index in [9.17, 15) is 4.79 Å². The molecule has 0 saturated carbocycles. The van der Waals surface area contributed by atoms with Gasteiger partial charge in [-0.3, -0.25) is 4.79 Å². The molecule has 1 unspecified atom stereocenters. The van der Waals surface area contributed by atoms with Gasteiger partial charge in [-0.15, -0.1) is 0 Å². The molecule has 1 aromatic carbocycles. The van der Waals surface area contributed by atoms with E-state index >= 15 is 0 Å². The van der Waals surface area contributed by atoms with Gasteiger partial charge in [0.15, 0.2) is 0 Å². The molecule has 3 heteroatoms. The summed E-state index contributed by atoms with van der Waals surface area (Å²) >= 11 is 0. The van der Waals surface area contributed by atoms with Crippen molar-refractivity contribution in [2.24, 2.45) is 0 Å². The third-order valence-electron chi connectivity index (χ3n) is 3.34. The number of carbonyl (C=O) groups is 1. The summed E-state index contributed by atoms with van der Waals surface area (Å²) in [7, 11) is 0. The zero-order valence-corrected chi connectivity index (χ0v) is 9.86. The standard InChI is InChI=1S/C13H18N2O/c1-3-10-6-7-13(16)15(10)11-5-4-9(2)12(14)8-11/h4-5,8,10H,3,6-7,14H2,1-2H3. The van der Waals surface area contributed by atoms with Gasteiger partial charge in [-0.25, -0.2) is 0 Å². The van der Waals surface area contributed by atoms with Gasteiger partial charge in [0.2, 0.25) is 5.91 Å². The van der Waals surface area contributed by atoms with Crippen LogP contribution in [-0.2, 0) is 4.79 Å². The number of aryl methyl sites for hydroxylation is 1. The molecule has 2 N–H and O–H groups in total. The summed E-state index contributed by atoms with van der Waals surface area (Å²) in [6.45, 7) is 4.09. The molecule has 1 heterocycles. The average Bonchev–Trinajstić information content (AvgIpc) is 2.64. The lowest BCUT2D eigenvalue weighted by Crippen LogP contribution is -2.32. The van der Waals surface area contributed by atoms with E-state index in [0.29, 0.717) is 12.5 Å². The van der Waals surface area contributed by atoms with Crippen LogP contribution in [0.4, 0.5) is 11.4 Å². The van der Waals surface area contributed by atoms with Crippen molar-refractivity contribution >= 4 is 17.3 Å². The van der Waals surface area contributed by atoms with Crippen LogP contribution in [0.2, 0.25) is 0 Å². The van der Waals surface area contributed by atoms with E-state index in [1.807, 2.05) is 30.0 Å². The number of anilines is 2. The molecular formula is C13H18N2O. The Morgan fingerprint density at radius 3 is 2.88 bits per heavy atom. The van der Waals surface area contributed by atoms with E-state index in [4.69, 9.17) is 5.73 Å². The Labute approximate surface area is 96.2 Å². The van der Waals surface area contributed by atoms with Crippen molar-refractivity contribution in [2.45, 2.75) is 39.2 Å². The number of nitrogen functional groups attached to an aromatic ring is 1. The van der Waals surface area contributed by atoms with Crippen molar-refractivity contribution in [1.82, 2.24) is 0 Å². The molecule has 1 aliphatic heterocycles. The number of nitrogens with zero attached hydrogens (tertiary/aromatic N) is 1. The Kier molecular flexibility index (Phi) is 2.86. The van der Waals surface area contributed by atoms with E-state index in [1.165, 1.54) is 0 Å². The maximum atomic E-state index is 11.8. The Morgan fingerprint density at radius 2 is 2.25 bits per heavy atom. The third kappa shape index (κ3) is 1.77. The van der Waals surface area contributed by atoms with Crippen molar-refractivity contribution in [3.05, 3.63) is 23.8 Å². The molecule has 0 aromatic heterocycles. The minimum Gasteiger partial charge on any atom is -0.398 e. The van der Waals surface area contributed by atoms with Gasteiger partial charge in [0.1, 0.15) is 0 Å². The third-order valence-corrected chi connectivity index (χ3v) is 3.34.